The van der Waals surface area contributed by atoms with Crippen molar-refractivity contribution < 1.29 is 9.59 Å². The van der Waals surface area contributed by atoms with Crippen LogP contribution >= 0.6 is 0 Å². The van der Waals surface area contributed by atoms with E-state index in [0.29, 0.717) is 28.8 Å². The van der Waals surface area contributed by atoms with Crippen molar-refractivity contribution in [3.63, 3.8) is 0 Å². The number of anilines is 1. The van der Waals surface area contributed by atoms with Crippen LogP contribution in [0.3, 0.4) is 0 Å². The molecule has 1 aromatic heterocycles. The summed E-state index contributed by atoms with van der Waals surface area (Å²) in [5.74, 6) is 0.400. The Bertz CT molecular complexity index is 1330. The average Bonchev–Trinajstić information content (AvgIpc) is 3.14. The Labute approximate surface area is 185 Å². The van der Waals surface area contributed by atoms with Gasteiger partial charge in [0.05, 0.1) is 28.4 Å². The monoisotopic (exact) mass is 423 g/mol. The van der Waals surface area contributed by atoms with Crippen LogP contribution in [0, 0.1) is 11.3 Å². The molecule has 3 aromatic carbocycles. The first kappa shape index (κ1) is 20.8. The number of hydrogen-bond donors (Lipinski definition) is 1. The SMILES string of the molecule is CNC(=O)N(C(=O)c1ccc2c(c1)nc(Cc1ccc(C#N)cc1)n2C)c1ccccc1. The van der Waals surface area contributed by atoms with E-state index >= 15 is 0 Å². The number of imide groups is 1. The number of aromatic nitrogens is 2. The predicted molar refractivity (Wildman–Crippen MR) is 122 cm³/mol. The van der Waals surface area contributed by atoms with Gasteiger partial charge in [-0.05, 0) is 48.0 Å². The number of imidazole rings is 1. The minimum atomic E-state index is -0.510. The van der Waals surface area contributed by atoms with Crippen LogP contribution in [0.5, 0.6) is 0 Å². The minimum Gasteiger partial charge on any atom is -0.340 e. The number of nitriles is 1. The van der Waals surface area contributed by atoms with Crippen LogP contribution in [0.2, 0.25) is 0 Å². The van der Waals surface area contributed by atoms with Gasteiger partial charge in [0.1, 0.15) is 5.82 Å². The smallest absolute Gasteiger partial charge is 0.328 e. The quantitative estimate of drug-likeness (QED) is 0.537. The van der Waals surface area contributed by atoms with Crippen LogP contribution in [0.4, 0.5) is 10.5 Å². The van der Waals surface area contributed by atoms with Gasteiger partial charge in [-0.3, -0.25) is 4.79 Å². The van der Waals surface area contributed by atoms with Crippen molar-refractivity contribution in [2.45, 2.75) is 6.42 Å². The van der Waals surface area contributed by atoms with E-state index in [9.17, 15) is 9.59 Å². The van der Waals surface area contributed by atoms with Crippen LogP contribution in [-0.4, -0.2) is 28.5 Å². The zero-order chi connectivity index (χ0) is 22.7. The lowest BCUT2D eigenvalue weighted by molar-refractivity contribution is 0.0994. The number of carbonyl (C=O) groups is 2. The number of amides is 3. The fraction of sp³-hybridized carbons (Fsp3) is 0.120. The number of urea groups is 1. The molecule has 0 aliphatic rings. The van der Waals surface area contributed by atoms with Crippen molar-refractivity contribution in [3.05, 3.63) is 95.3 Å². The highest BCUT2D eigenvalue weighted by molar-refractivity contribution is 6.21. The third kappa shape index (κ3) is 3.94. The van der Waals surface area contributed by atoms with Crippen LogP contribution in [0.1, 0.15) is 27.3 Å². The second-order valence-electron chi connectivity index (χ2n) is 7.31. The first-order chi connectivity index (χ1) is 15.5. The molecule has 7 heteroatoms. The van der Waals surface area contributed by atoms with E-state index in [0.717, 1.165) is 21.8 Å². The molecule has 0 atom stereocenters. The van der Waals surface area contributed by atoms with E-state index < -0.39 is 11.9 Å². The summed E-state index contributed by atoms with van der Waals surface area (Å²) in [4.78, 5) is 31.5. The summed E-state index contributed by atoms with van der Waals surface area (Å²) < 4.78 is 1.98. The number of carbonyl (C=O) groups excluding carboxylic acids is 2. The molecule has 0 radical (unpaired) electrons. The number of nitrogens with zero attached hydrogens (tertiary/aromatic N) is 4. The number of aryl methyl sites for hydroxylation is 1. The molecule has 0 bridgehead atoms. The normalized spacial score (nSPS) is 10.5. The van der Waals surface area contributed by atoms with Crippen molar-refractivity contribution in [1.82, 2.24) is 14.9 Å². The maximum Gasteiger partial charge on any atom is 0.328 e. The topological polar surface area (TPSA) is 91.0 Å². The molecule has 1 heterocycles. The van der Waals surface area contributed by atoms with Gasteiger partial charge in [0.15, 0.2) is 0 Å². The molecule has 4 rings (SSSR count). The van der Waals surface area contributed by atoms with Crippen molar-refractivity contribution >= 4 is 28.7 Å². The molecule has 4 aromatic rings. The van der Waals surface area contributed by atoms with Crippen LogP contribution in [0.15, 0.2) is 72.8 Å². The molecule has 0 saturated heterocycles. The number of hydrogen-bond acceptors (Lipinski definition) is 4. The molecule has 0 unspecified atom stereocenters. The summed E-state index contributed by atoms with van der Waals surface area (Å²) in [6.45, 7) is 0. The Kier molecular flexibility index (Phi) is 5.69. The number of nitrogens with one attached hydrogen (secondary N) is 1. The summed E-state index contributed by atoms with van der Waals surface area (Å²) in [6.07, 6.45) is 0.592. The lowest BCUT2D eigenvalue weighted by Crippen LogP contribution is -2.42. The molecule has 3 amide bonds. The van der Waals surface area contributed by atoms with Crippen LogP contribution < -0.4 is 10.2 Å². The lowest BCUT2D eigenvalue weighted by atomic mass is 10.1. The summed E-state index contributed by atoms with van der Waals surface area (Å²) in [5.41, 5.74) is 4.06. The number of fused-ring (bicyclic) bond motifs is 1. The first-order valence-corrected chi connectivity index (χ1v) is 10.1. The summed E-state index contributed by atoms with van der Waals surface area (Å²) in [7, 11) is 3.42. The van der Waals surface area contributed by atoms with E-state index in [2.05, 4.69) is 11.4 Å². The second-order valence-corrected chi connectivity index (χ2v) is 7.31. The highest BCUT2D eigenvalue weighted by Crippen LogP contribution is 2.22. The Morgan fingerprint density at radius 3 is 2.44 bits per heavy atom. The molecule has 7 nitrogen and oxygen atoms in total. The molecule has 0 aliphatic heterocycles. The second kappa shape index (κ2) is 8.74. The first-order valence-electron chi connectivity index (χ1n) is 10.1. The van der Waals surface area contributed by atoms with E-state index in [-0.39, 0.29) is 0 Å². The van der Waals surface area contributed by atoms with E-state index in [1.54, 1.807) is 48.5 Å². The zero-order valence-electron chi connectivity index (χ0n) is 17.7. The van der Waals surface area contributed by atoms with Gasteiger partial charge < -0.3 is 9.88 Å². The van der Waals surface area contributed by atoms with Gasteiger partial charge in [0.25, 0.3) is 5.91 Å². The summed E-state index contributed by atoms with van der Waals surface area (Å²) in [6, 6.07) is 23.0. The molecule has 1 N–H and O–H groups in total. The van der Waals surface area contributed by atoms with Gasteiger partial charge >= 0.3 is 6.03 Å². The number of para-hydroxylation sites is 1. The van der Waals surface area contributed by atoms with Gasteiger partial charge in [-0.15, -0.1) is 0 Å². The largest absolute Gasteiger partial charge is 0.340 e. The molecular weight excluding hydrogens is 402 g/mol. The maximum absolute atomic E-state index is 13.2. The van der Waals surface area contributed by atoms with Crippen molar-refractivity contribution in [2.75, 3.05) is 11.9 Å². The summed E-state index contributed by atoms with van der Waals surface area (Å²) in [5, 5.41) is 11.5. The van der Waals surface area contributed by atoms with Crippen molar-refractivity contribution in [3.8, 4) is 6.07 Å². The van der Waals surface area contributed by atoms with E-state index in [1.807, 2.05) is 35.9 Å². The van der Waals surface area contributed by atoms with Gasteiger partial charge in [-0.25, -0.2) is 14.7 Å². The van der Waals surface area contributed by atoms with Crippen LogP contribution in [-0.2, 0) is 13.5 Å². The highest BCUT2D eigenvalue weighted by atomic mass is 16.2. The van der Waals surface area contributed by atoms with Gasteiger partial charge in [0.2, 0.25) is 0 Å². The molecule has 32 heavy (non-hydrogen) atoms. The molecular formula is C25H21N5O2. The average molecular weight is 423 g/mol. The number of benzene rings is 3. The van der Waals surface area contributed by atoms with E-state index in [4.69, 9.17) is 10.2 Å². The Morgan fingerprint density at radius 1 is 1.06 bits per heavy atom. The fourth-order valence-corrected chi connectivity index (χ4v) is 3.57. The number of rotatable bonds is 4. The van der Waals surface area contributed by atoms with E-state index in [1.165, 1.54) is 7.05 Å². The van der Waals surface area contributed by atoms with Gasteiger partial charge in [-0.1, -0.05) is 30.3 Å². The minimum absolute atomic E-state index is 0.368. The molecule has 0 spiro atoms. The molecule has 0 fully saturated rings. The standard InChI is InChI=1S/C25H21N5O2/c1-27-25(32)30(20-6-4-3-5-7-20)24(31)19-12-13-22-21(15-19)28-23(29(22)2)14-17-8-10-18(16-26)11-9-17/h3-13,15H,14H2,1-2H3,(H,27,32). The third-order valence-corrected chi connectivity index (χ3v) is 5.30. The predicted octanol–water partition coefficient (Wildman–Crippen LogP) is 4.02. The summed E-state index contributed by atoms with van der Waals surface area (Å²) >= 11 is 0. The van der Waals surface area contributed by atoms with Crippen LogP contribution in [0.25, 0.3) is 11.0 Å². The maximum atomic E-state index is 13.2. The Hall–Kier alpha value is -4.44. The highest BCUT2D eigenvalue weighted by Gasteiger charge is 2.24. The molecule has 158 valence electrons. The fourth-order valence-electron chi connectivity index (χ4n) is 3.57. The molecule has 0 aliphatic carbocycles. The lowest BCUT2D eigenvalue weighted by Gasteiger charge is -2.20. The zero-order valence-corrected chi connectivity index (χ0v) is 17.7. The Balaban J connectivity index is 1.67. The van der Waals surface area contributed by atoms with Crippen molar-refractivity contribution in [2.24, 2.45) is 7.05 Å². The Morgan fingerprint density at radius 2 is 1.78 bits per heavy atom. The third-order valence-electron chi connectivity index (χ3n) is 5.30. The van der Waals surface area contributed by atoms with Gasteiger partial charge in [0, 0.05) is 26.1 Å². The van der Waals surface area contributed by atoms with Gasteiger partial charge in [-0.2, -0.15) is 5.26 Å². The van der Waals surface area contributed by atoms with Crippen molar-refractivity contribution in [1.29, 1.82) is 5.26 Å². The molecule has 0 saturated carbocycles.